The third-order valence-electron chi connectivity index (χ3n) is 4.22. The zero-order valence-electron chi connectivity index (χ0n) is 12.2. The van der Waals surface area contributed by atoms with Gasteiger partial charge < -0.3 is 9.88 Å². The van der Waals surface area contributed by atoms with Crippen LogP contribution in [0.4, 0.5) is 0 Å². The number of benzene rings is 1. The number of hydrogen-bond donors (Lipinski definition) is 1. The van der Waals surface area contributed by atoms with Crippen LogP contribution in [0.15, 0.2) is 41.8 Å². The molecule has 1 N–H and O–H groups in total. The van der Waals surface area contributed by atoms with Crippen molar-refractivity contribution in [3.05, 3.63) is 52.5 Å². The van der Waals surface area contributed by atoms with Gasteiger partial charge in [0.15, 0.2) is 0 Å². The molecule has 4 nitrogen and oxygen atoms in total. The largest absolute Gasteiger partial charge is 0.340 e. The molecule has 3 heterocycles. The van der Waals surface area contributed by atoms with E-state index < -0.39 is 0 Å². The van der Waals surface area contributed by atoms with Gasteiger partial charge in [0, 0.05) is 6.54 Å². The lowest BCUT2D eigenvalue weighted by Gasteiger charge is -2.34. The molecule has 0 bridgehead atoms. The number of aromatic amines is 1. The molecule has 0 unspecified atom stereocenters. The maximum atomic E-state index is 12.8. The number of piperidine rings is 1. The topological polar surface area (TPSA) is 49.0 Å². The molecule has 2 aromatic heterocycles. The van der Waals surface area contributed by atoms with E-state index in [1.807, 2.05) is 46.7 Å². The Morgan fingerprint density at radius 3 is 2.95 bits per heavy atom. The lowest BCUT2D eigenvalue weighted by Crippen LogP contribution is -2.38. The fourth-order valence-corrected chi connectivity index (χ4v) is 3.81. The number of rotatable bonds is 2. The van der Waals surface area contributed by atoms with Crippen LogP contribution in [0.1, 0.15) is 40.8 Å². The van der Waals surface area contributed by atoms with Gasteiger partial charge in [-0.2, -0.15) is 0 Å². The van der Waals surface area contributed by atoms with Crippen LogP contribution in [0.3, 0.4) is 0 Å². The summed E-state index contributed by atoms with van der Waals surface area (Å²) < 4.78 is 0. The van der Waals surface area contributed by atoms with E-state index in [9.17, 15) is 4.79 Å². The van der Waals surface area contributed by atoms with E-state index in [1.54, 1.807) is 0 Å². The minimum atomic E-state index is 0.0516. The van der Waals surface area contributed by atoms with E-state index in [0.717, 1.165) is 47.5 Å². The van der Waals surface area contributed by atoms with Gasteiger partial charge in [0.05, 0.1) is 22.0 Å². The molecular formula is C17H17N3OS. The van der Waals surface area contributed by atoms with E-state index in [2.05, 4.69) is 4.98 Å². The van der Waals surface area contributed by atoms with E-state index in [1.165, 1.54) is 11.3 Å². The smallest absolute Gasteiger partial charge is 0.264 e. The average molecular weight is 311 g/mol. The highest BCUT2D eigenvalue weighted by Crippen LogP contribution is 2.32. The van der Waals surface area contributed by atoms with E-state index >= 15 is 0 Å². The normalized spacial score (nSPS) is 18.7. The first-order chi connectivity index (χ1) is 10.8. The zero-order chi connectivity index (χ0) is 14.9. The first-order valence-corrected chi connectivity index (χ1v) is 8.50. The lowest BCUT2D eigenvalue weighted by molar-refractivity contribution is 0.0606. The number of amides is 1. The summed E-state index contributed by atoms with van der Waals surface area (Å²) in [7, 11) is 0. The Morgan fingerprint density at radius 1 is 1.23 bits per heavy atom. The monoisotopic (exact) mass is 311 g/mol. The van der Waals surface area contributed by atoms with Crippen LogP contribution in [-0.4, -0.2) is 27.3 Å². The Bertz CT molecular complexity index is 760. The lowest BCUT2D eigenvalue weighted by atomic mass is 10.0. The number of nitrogens with zero attached hydrogens (tertiary/aromatic N) is 2. The molecule has 1 aliphatic rings. The van der Waals surface area contributed by atoms with Crippen molar-refractivity contribution in [2.75, 3.05) is 6.54 Å². The SMILES string of the molecule is O=C(c1cccs1)N1CCCC[C@H]1c1nc2ccccc2[nH]1. The molecule has 22 heavy (non-hydrogen) atoms. The molecule has 1 aliphatic heterocycles. The van der Waals surface area contributed by atoms with Gasteiger partial charge in [-0.25, -0.2) is 4.98 Å². The van der Waals surface area contributed by atoms with Crippen LogP contribution in [0.2, 0.25) is 0 Å². The molecule has 1 amide bonds. The number of hydrogen-bond acceptors (Lipinski definition) is 3. The second-order valence-corrected chi connectivity index (χ2v) is 6.57. The fourth-order valence-electron chi connectivity index (χ4n) is 3.13. The molecule has 1 aromatic carbocycles. The molecule has 0 radical (unpaired) electrons. The highest BCUT2D eigenvalue weighted by molar-refractivity contribution is 7.12. The minimum absolute atomic E-state index is 0.0516. The quantitative estimate of drug-likeness (QED) is 0.778. The third-order valence-corrected chi connectivity index (χ3v) is 5.08. The molecule has 1 saturated heterocycles. The summed E-state index contributed by atoms with van der Waals surface area (Å²) in [4.78, 5) is 23.6. The third kappa shape index (κ3) is 2.31. The van der Waals surface area contributed by atoms with Crippen molar-refractivity contribution >= 4 is 28.3 Å². The van der Waals surface area contributed by atoms with Gasteiger partial charge in [0.1, 0.15) is 5.82 Å². The Kier molecular flexibility index (Phi) is 3.42. The summed E-state index contributed by atoms with van der Waals surface area (Å²) in [5, 5.41) is 1.95. The number of para-hydroxylation sites is 2. The zero-order valence-corrected chi connectivity index (χ0v) is 13.0. The maximum Gasteiger partial charge on any atom is 0.264 e. The van der Waals surface area contributed by atoms with Crippen LogP contribution >= 0.6 is 11.3 Å². The molecule has 4 rings (SSSR count). The van der Waals surface area contributed by atoms with Crippen molar-refractivity contribution in [1.29, 1.82) is 0 Å². The van der Waals surface area contributed by atoms with Crippen molar-refractivity contribution in [2.24, 2.45) is 0 Å². The highest BCUT2D eigenvalue weighted by atomic mass is 32.1. The first-order valence-electron chi connectivity index (χ1n) is 7.62. The molecule has 112 valence electrons. The molecule has 1 atom stereocenters. The van der Waals surface area contributed by atoms with Crippen LogP contribution in [0, 0.1) is 0 Å². The predicted octanol–water partition coefficient (Wildman–Crippen LogP) is 3.99. The van der Waals surface area contributed by atoms with Gasteiger partial charge >= 0.3 is 0 Å². The van der Waals surface area contributed by atoms with Gasteiger partial charge in [-0.05, 0) is 42.8 Å². The van der Waals surface area contributed by atoms with Gasteiger partial charge in [-0.1, -0.05) is 18.2 Å². The first kappa shape index (κ1) is 13.5. The van der Waals surface area contributed by atoms with Crippen molar-refractivity contribution in [3.8, 4) is 0 Å². The molecular weight excluding hydrogens is 294 g/mol. The number of thiophene rings is 1. The summed E-state index contributed by atoms with van der Waals surface area (Å²) in [5.41, 5.74) is 2.00. The minimum Gasteiger partial charge on any atom is -0.340 e. The second kappa shape index (κ2) is 5.57. The van der Waals surface area contributed by atoms with Crippen LogP contribution in [-0.2, 0) is 0 Å². The molecule has 0 saturated carbocycles. The number of nitrogens with one attached hydrogen (secondary N) is 1. The van der Waals surface area contributed by atoms with E-state index in [0.29, 0.717) is 0 Å². The summed E-state index contributed by atoms with van der Waals surface area (Å²) in [6, 6.07) is 11.9. The molecule has 0 aliphatic carbocycles. The maximum absolute atomic E-state index is 12.8. The Balaban J connectivity index is 1.69. The van der Waals surface area contributed by atoms with Crippen molar-refractivity contribution in [3.63, 3.8) is 0 Å². The molecule has 3 aromatic rings. The molecule has 0 spiro atoms. The Morgan fingerprint density at radius 2 is 2.14 bits per heavy atom. The number of likely N-dealkylation sites (tertiary alicyclic amines) is 1. The number of aromatic nitrogens is 2. The number of carbonyl (C=O) groups excluding carboxylic acids is 1. The number of H-pyrrole nitrogens is 1. The van der Waals surface area contributed by atoms with Crippen LogP contribution < -0.4 is 0 Å². The summed E-state index contributed by atoms with van der Waals surface area (Å²) in [5.74, 6) is 1.03. The standard InChI is InChI=1S/C17H17N3OS/c21-17(15-9-5-11-22-15)20-10-4-3-8-14(20)16-18-12-6-1-2-7-13(12)19-16/h1-2,5-7,9,11,14H,3-4,8,10H2,(H,18,19)/t14-/m0/s1. The van der Waals surface area contributed by atoms with Crippen molar-refractivity contribution in [2.45, 2.75) is 25.3 Å². The molecule has 5 heteroatoms. The van der Waals surface area contributed by atoms with Gasteiger partial charge in [0.25, 0.3) is 5.91 Å². The van der Waals surface area contributed by atoms with Crippen molar-refractivity contribution < 1.29 is 4.79 Å². The average Bonchev–Trinajstić information content (AvgIpc) is 3.23. The number of carbonyl (C=O) groups is 1. The van der Waals surface area contributed by atoms with E-state index in [-0.39, 0.29) is 11.9 Å². The fraction of sp³-hybridized carbons (Fsp3) is 0.294. The Labute approximate surface area is 132 Å². The summed E-state index contributed by atoms with van der Waals surface area (Å²) in [6.07, 6.45) is 3.17. The van der Waals surface area contributed by atoms with Gasteiger partial charge in [0.2, 0.25) is 0 Å². The summed E-state index contributed by atoms with van der Waals surface area (Å²) in [6.45, 7) is 0.804. The second-order valence-electron chi connectivity index (χ2n) is 5.63. The predicted molar refractivity (Wildman–Crippen MR) is 88.0 cm³/mol. The summed E-state index contributed by atoms with van der Waals surface area (Å²) >= 11 is 1.51. The van der Waals surface area contributed by atoms with E-state index in [4.69, 9.17) is 4.98 Å². The van der Waals surface area contributed by atoms with Crippen molar-refractivity contribution in [1.82, 2.24) is 14.9 Å². The van der Waals surface area contributed by atoms with Crippen LogP contribution in [0.5, 0.6) is 0 Å². The van der Waals surface area contributed by atoms with Gasteiger partial charge in [-0.3, -0.25) is 4.79 Å². The highest BCUT2D eigenvalue weighted by Gasteiger charge is 2.31. The number of imidazole rings is 1. The Hall–Kier alpha value is -2.14. The van der Waals surface area contributed by atoms with Crippen LogP contribution in [0.25, 0.3) is 11.0 Å². The van der Waals surface area contributed by atoms with Gasteiger partial charge in [-0.15, -0.1) is 11.3 Å². The molecule has 1 fully saturated rings. The number of fused-ring (bicyclic) bond motifs is 1.